The first-order chi connectivity index (χ1) is 12.8. The number of esters is 1. The number of H-pyrrole nitrogens is 1. The Bertz CT molecular complexity index is 1020. The molecule has 0 bridgehead atoms. The van der Waals surface area contributed by atoms with E-state index in [1.54, 1.807) is 6.92 Å². The molecule has 27 heavy (non-hydrogen) atoms. The third-order valence-electron chi connectivity index (χ3n) is 4.35. The van der Waals surface area contributed by atoms with E-state index in [0.29, 0.717) is 21.8 Å². The monoisotopic (exact) mass is 386 g/mol. The van der Waals surface area contributed by atoms with E-state index in [4.69, 9.17) is 9.47 Å². The molecule has 142 valence electrons. The van der Waals surface area contributed by atoms with Gasteiger partial charge in [-0.15, -0.1) is 11.3 Å². The van der Waals surface area contributed by atoms with Gasteiger partial charge >= 0.3 is 5.97 Å². The average Bonchev–Trinajstić information content (AvgIpc) is 2.91. The number of thiophene rings is 1. The number of fused-ring (bicyclic) bond motifs is 1. The van der Waals surface area contributed by atoms with Gasteiger partial charge < -0.3 is 14.5 Å². The highest BCUT2D eigenvalue weighted by molar-refractivity contribution is 7.18. The summed E-state index contributed by atoms with van der Waals surface area (Å²) in [5.74, 6) is 0.652. The summed E-state index contributed by atoms with van der Waals surface area (Å²) in [6.45, 7) is 7.77. The predicted molar refractivity (Wildman–Crippen MR) is 106 cm³/mol. The van der Waals surface area contributed by atoms with E-state index in [1.165, 1.54) is 11.3 Å². The van der Waals surface area contributed by atoms with Crippen LogP contribution in [0.15, 0.2) is 29.1 Å². The summed E-state index contributed by atoms with van der Waals surface area (Å²) in [6.07, 6.45) is -0.529. The quantitative estimate of drug-likeness (QED) is 0.648. The largest absolute Gasteiger partial charge is 0.493 e. The molecule has 6 nitrogen and oxygen atoms in total. The van der Waals surface area contributed by atoms with Crippen LogP contribution in [-0.4, -0.2) is 22.5 Å². The molecule has 2 heterocycles. The van der Waals surface area contributed by atoms with Crippen molar-refractivity contribution in [2.45, 2.75) is 40.2 Å². The summed E-state index contributed by atoms with van der Waals surface area (Å²) in [4.78, 5) is 33.3. The van der Waals surface area contributed by atoms with Gasteiger partial charge in [-0.25, -0.2) is 4.98 Å². The molecule has 1 atom stereocenters. The third kappa shape index (κ3) is 4.36. The Morgan fingerprint density at radius 1 is 1.22 bits per heavy atom. The van der Waals surface area contributed by atoms with Gasteiger partial charge in [-0.05, 0) is 45.4 Å². The fourth-order valence-electron chi connectivity index (χ4n) is 2.66. The SMILES string of the molecule is Cc1ccc(OCCC(=O)OC(C)c2nc3sc(C)c(C)c3c(=O)[nH]2)cc1. The highest BCUT2D eigenvalue weighted by Gasteiger charge is 2.18. The molecule has 3 rings (SSSR count). The second-order valence-corrected chi connectivity index (χ2v) is 7.66. The number of aromatic nitrogens is 2. The Labute approximate surface area is 161 Å². The second-order valence-electron chi connectivity index (χ2n) is 6.46. The minimum atomic E-state index is -0.642. The van der Waals surface area contributed by atoms with Crippen molar-refractivity contribution in [2.24, 2.45) is 0 Å². The minimum absolute atomic E-state index is 0.113. The van der Waals surface area contributed by atoms with E-state index >= 15 is 0 Å². The van der Waals surface area contributed by atoms with Crippen LogP contribution in [0, 0.1) is 20.8 Å². The number of carbonyl (C=O) groups excluding carboxylic acids is 1. The third-order valence-corrected chi connectivity index (χ3v) is 5.45. The highest BCUT2D eigenvalue weighted by Crippen LogP contribution is 2.27. The van der Waals surface area contributed by atoms with Gasteiger partial charge in [0.15, 0.2) is 11.9 Å². The van der Waals surface area contributed by atoms with Crippen LogP contribution in [0.4, 0.5) is 0 Å². The van der Waals surface area contributed by atoms with Crippen LogP contribution in [-0.2, 0) is 9.53 Å². The van der Waals surface area contributed by atoms with Crippen LogP contribution < -0.4 is 10.3 Å². The summed E-state index contributed by atoms with van der Waals surface area (Å²) in [7, 11) is 0. The first-order valence-electron chi connectivity index (χ1n) is 8.74. The van der Waals surface area contributed by atoms with Crippen molar-refractivity contribution >= 4 is 27.5 Å². The minimum Gasteiger partial charge on any atom is -0.493 e. The highest BCUT2D eigenvalue weighted by atomic mass is 32.1. The van der Waals surface area contributed by atoms with Gasteiger partial charge in [-0.1, -0.05) is 17.7 Å². The zero-order valence-electron chi connectivity index (χ0n) is 15.8. The van der Waals surface area contributed by atoms with Gasteiger partial charge in [0.2, 0.25) is 0 Å². The molecule has 0 spiro atoms. The lowest BCUT2D eigenvalue weighted by atomic mass is 10.2. The van der Waals surface area contributed by atoms with Crippen molar-refractivity contribution in [3.05, 3.63) is 56.4 Å². The molecular weight excluding hydrogens is 364 g/mol. The number of hydrogen-bond acceptors (Lipinski definition) is 6. The van der Waals surface area contributed by atoms with Crippen LogP contribution >= 0.6 is 11.3 Å². The normalized spacial score (nSPS) is 12.1. The van der Waals surface area contributed by atoms with Gasteiger partial charge in [-0.3, -0.25) is 9.59 Å². The van der Waals surface area contributed by atoms with Crippen molar-refractivity contribution in [3.8, 4) is 5.75 Å². The molecule has 0 aliphatic heterocycles. The average molecular weight is 386 g/mol. The Balaban J connectivity index is 1.60. The molecule has 0 aliphatic carbocycles. The molecule has 1 N–H and O–H groups in total. The molecule has 1 aromatic carbocycles. The molecule has 0 saturated heterocycles. The number of rotatable bonds is 6. The number of nitrogens with zero attached hydrogens (tertiary/aromatic N) is 1. The van der Waals surface area contributed by atoms with Gasteiger partial charge in [0.05, 0.1) is 18.4 Å². The lowest BCUT2D eigenvalue weighted by Gasteiger charge is -2.13. The molecule has 2 aromatic heterocycles. The van der Waals surface area contributed by atoms with E-state index in [2.05, 4.69) is 9.97 Å². The summed E-state index contributed by atoms with van der Waals surface area (Å²) >= 11 is 1.46. The number of benzene rings is 1. The van der Waals surface area contributed by atoms with E-state index in [0.717, 1.165) is 16.0 Å². The Hall–Kier alpha value is -2.67. The lowest BCUT2D eigenvalue weighted by Crippen LogP contribution is -2.18. The first kappa shape index (κ1) is 19.1. The molecule has 0 radical (unpaired) electrons. The molecule has 0 fully saturated rings. The zero-order valence-corrected chi connectivity index (χ0v) is 16.6. The van der Waals surface area contributed by atoms with Gasteiger partial charge in [0, 0.05) is 4.88 Å². The van der Waals surface area contributed by atoms with Crippen molar-refractivity contribution in [2.75, 3.05) is 6.61 Å². The van der Waals surface area contributed by atoms with Crippen LogP contribution in [0.1, 0.15) is 41.3 Å². The Morgan fingerprint density at radius 2 is 1.93 bits per heavy atom. The smallest absolute Gasteiger partial charge is 0.309 e. The predicted octanol–water partition coefficient (Wildman–Crippen LogP) is 3.98. The van der Waals surface area contributed by atoms with Crippen LogP contribution in [0.2, 0.25) is 0 Å². The lowest BCUT2D eigenvalue weighted by molar-refractivity contribution is -0.149. The van der Waals surface area contributed by atoms with E-state index < -0.39 is 12.1 Å². The molecule has 7 heteroatoms. The second kappa shape index (κ2) is 7.92. The summed E-state index contributed by atoms with van der Waals surface area (Å²) in [5, 5.41) is 0.603. The first-order valence-corrected chi connectivity index (χ1v) is 9.55. The number of carbonyl (C=O) groups is 1. The zero-order chi connectivity index (χ0) is 19.6. The van der Waals surface area contributed by atoms with Gasteiger partial charge in [0.25, 0.3) is 5.56 Å². The number of ether oxygens (including phenoxy) is 2. The number of nitrogens with one attached hydrogen (secondary N) is 1. The molecule has 0 amide bonds. The van der Waals surface area contributed by atoms with Crippen LogP contribution in [0.3, 0.4) is 0 Å². The molecule has 0 aliphatic rings. The molecule has 1 unspecified atom stereocenters. The van der Waals surface area contributed by atoms with Crippen molar-refractivity contribution in [1.29, 1.82) is 0 Å². The fourth-order valence-corrected chi connectivity index (χ4v) is 3.70. The topological polar surface area (TPSA) is 81.3 Å². The number of aromatic amines is 1. The maximum atomic E-state index is 12.3. The summed E-state index contributed by atoms with van der Waals surface area (Å²) in [5.41, 5.74) is 1.88. The Morgan fingerprint density at radius 3 is 2.63 bits per heavy atom. The van der Waals surface area contributed by atoms with Crippen molar-refractivity contribution in [1.82, 2.24) is 9.97 Å². The van der Waals surface area contributed by atoms with Gasteiger partial charge in [0.1, 0.15) is 10.6 Å². The number of aryl methyl sites for hydroxylation is 3. The summed E-state index contributed by atoms with van der Waals surface area (Å²) in [6, 6.07) is 7.61. The van der Waals surface area contributed by atoms with Crippen molar-refractivity contribution in [3.63, 3.8) is 0 Å². The van der Waals surface area contributed by atoms with Crippen molar-refractivity contribution < 1.29 is 14.3 Å². The molecule has 3 aromatic rings. The molecular formula is C20H22N2O4S. The van der Waals surface area contributed by atoms with E-state index in [-0.39, 0.29) is 18.6 Å². The summed E-state index contributed by atoms with van der Waals surface area (Å²) < 4.78 is 10.9. The standard InChI is InChI=1S/C20H22N2O4S/c1-11-5-7-15(8-6-11)25-10-9-16(23)26-13(3)18-21-19(24)17-12(2)14(4)27-20(17)22-18/h5-8,13H,9-10H2,1-4H3,(H,21,22,24). The fraction of sp³-hybridized carbons (Fsp3) is 0.350. The van der Waals surface area contributed by atoms with E-state index in [9.17, 15) is 9.59 Å². The van der Waals surface area contributed by atoms with Crippen LogP contribution in [0.5, 0.6) is 5.75 Å². The van der Waals surface area contributed by atoms with Gasteiger partial charge in [-0.2, -0.15) is 0 Å². The molecule has 0 saturated carbocycles. The maximum absolute atomic E-state index is 12.3. The number of hydrogen-bond donors (Lipinski definition) is 1. The van der Waals surface area contributed by atoms with Crippen LogP contribution in [0.25, 0.3) is 10.2 Å². The maximum Gasteiger partial charge on any atom is 0.309 e. The Kier molecular flexibility index (Phi) is 5.60. The van der Waals surface area contributed by atoms with E-state index in [1.807, 2.05) is 45.0 Å².